The van der Waals surface area contributed by atoms with Gasteiger partial charge in [0.2, 0.25) is 5.95 Å². The minimum absolute atomic E-state index is 0.0566. The van der Waals surface area contributed by atoms with E-state index in [4.69, 9.17) is 9.47 Å². The fraction of sp³-hybridized carbons (Fsp3) is 0.375. The lowest BCUT2D eigenvalue weighted by atomic mass is 9.99. The number of anilines is 2. The van der Waals surface area contributed by atoms with Gasteiger partial charge >= 0.3 is 0 Å². The number of halogens is 2. The first-order valence-electron chi connectivity index (χ1n) is 11.0. The van der Waals surface area contributed by atoms with Gasteiger partial charge in [-0.2, -0.15) is 4.98 Å². The van der Waals surface area contributed by atoms with Crippen LogP contribution in [-0.4, -0.2) is 41.3 Å². The Morgan fingerprint density at radius 3 is 2.58 bits per heavy atom. The first kappa shape index (κ1) is 21.5. The molecule has 7 nitrogen and oxygen atoms in total. The number of aromatic nitrogens is 3. The third-order valence-corrected chi connectivity index (χ3v) is 6.11. The van der Waals surface area contributed by atoms with E-state index in [1.807, 2.05) is 31.1 Å². The fourth-order valence-electron chi connectivity index (χ4n) is 4.38. The molecule has 1 saturated heterocycles. The predicted molar refractivity (Wildman–Crippen MR) is 119 cm³/mol. The number of hydrogen-bond donors (Lipinski definition) is 1. The molecule has 5 rings (SSSR count). The fourth-order valence-corrected chi connectivity index (χ4v) is 4.38. The van der Waals surface area contributed by atoms with Crippen LogP contribution in [0.5, 0.6) is 5.75 Å². The number of nitrogens with zero attached hydrogens (tertiary/aromatic N) is 4. The van der Waals surface area contributed by atoms with Crippen LogP contribution < -0.4 is 15.0 Å². The van der Waals surface area contributed by atoms with Crippen LogP contribution in [0.15, 0.2) is 42.7 Å². The lowest BCUT2D eigenvalue weighted by Crippen LogP contribution is -2.35. The zero-order chi connectivity index (χ0) is 22.9. The number of fused-ring (bicyclic) bond motifs is 1. The molecule has 2 aliphatic heterocycles. The third kappa shape index (κ3) is 4.59. The smallest absolute Gasteiger partial charge is 0.225 e. The summed E-state index contributed by atoms with van der Waals surface area (Å²) >= 11 is 0. The Morgan fingerprint density at radius 1 is 1.03 bits per heavy atom. The van der Waals surface area contributed by atoms with E-state index in [1.165, 1.54) is 12.1 Å². The first-order valence-corrected chi connectivity index (χ1v) is 11.0. The maximum absolute atomic E-state index is 13.7. The molecule has 33 heavy (non-hydrogen) atoms. The summed E-state index contributed by atoms with van der Waals surface area (Å²) in [5, 5.41) is 3.35. The quantitative estimate of drug-likeness (QED) is 0.629. The standard InChI is InChI=1S/C24H25F2N5O2/c1-14-7-15(5-6-27-14)21-4-3-19(12-32-21)29-24-28-11-22-23(30-24)31(2)20(13-33-22)16-8-17(25)10-18(26)9-16/h5-11,19-21H,3-4,12-13H2,1-2H3,(H,28,29,30). The lowest BCUT2D eigenvalue weighted by molar-refractivity contribution is 0.00794. The Balaban J connectivity index is 1.27. The number of pyridine rings is 1. The van der Waals surface area contributed by atoms with Crippen molar-refractivity contribution < 1.29 is 18.3 Å². The number of hydrogen-bond acceptors (Lipinski definition) is 7. The molecular weight excluding hydrogens is 428 g/mol. The Hall–Kier alpha value is -3.33. The van der Waals surface area contributed by atoms with E-state index < -0.39 is 11.6 Å². The molecule has 0 amide bonds. The molecule has 0 spiro atoms. The molecule has 0 saturated carbocycles. The van der Waals surface area contributed by atoms with E-state index >= 15 is 0 Å². The maximum Gasteiger partial charge on any atom is 0.225 e. The van der Waals surface area contributed by atoms with Crippen molar-refractivity contribution in [3.05, 3.63) is 71.2 Å². The summed E-state index contributed by atoms with van der Waals surface area (Å²) in [4.78, 5) is 15.1. The van der Waals surface area contributed by atoms with Gasteiger partial charge in [-0.15, -0.1) is 0 Å². The molecule has 1 aromatic carbocycles. The van der Waals surface area contributed by atoms with Gasteiger partial charge in [0, 0.05) is 25.0 Å². The summed E-state index contributed by atoms with van der Waals surface area (Å²) in [6, 6.07) is 7.25. The minimum atomic E-state index is -0.619. The number of rotatable bonds is 4. The molecule has 3 unspecified atom stereocenters. The van der Waals surface area contributed by atoms with Crippen molar-refractivity contribution in [3.63, 3.8) is 0 Å². The molecule has 1 N–H and O–H groups in total. The van der Waals surface area contributed by atoms with Gasteiger partial charge in [0.15, 0.2) is 11.6 Å². The van der Waals surface area contributed by atoms with Crippen LogP contribution in [0.4, 0.5) is 20.5 Å². The van der Waals surface area contributed by atoms with Gasteiger partial charge in [-0.05, 0) is 55.2 Å². The van der Waals surface area contributed by atoms with Crippen LogP contribution in [0, 0.1) is 18.6 Å². The summed E-state index contributed by atoms with van der Waals surface area (Å²) in [5.74, 6) is 0.320. The van der Waals surface area contributed by atoms with Gasteiger partial charge in [0.1, 0.15) is 18.2 Å². The van der Waals surface area contributed by atoms with Gasteiger partial charge in [-0.25, -0.2) is 13.8 Å². The Bertz CT molecular complexity index is 1130. The minimum Gasteiger partial charge on any atom is -0.486 e. The van der Waals surface area contributed by atoms with Gasteiger partial charge in [0.05, 0.1) is 31.0 Å². The molecule has 9 heteroatoms. The van der Waals surface area contributed by atoms with E-state index in [0.717, 1.165) is 30.2 Å². The summed E-state index contributed by atoms with van der Waals surface area (Å²) in [6.07, 6.45) is 5.27. The van der Waals surface area contributed by atoms with E-state index in [1.54, 1.807) is 6.20 Å². The number of nitrogens with one attached hydrogen (secondary N) is 1. The van der Waals surface area contributed by atoms with Gasteiger partial charge in [0.25, 0.3) is 0 Å². The Labute approximate surface area is 190 Å². The number of benzene rings is 1. The van der Waals surface area contributed by atoms with Crippen molar-refractivity contribution in [1.29, 1.82) is 0 Å². The summed E-state index contributed by atoms with van der Waals surface area (Å²) in [6.45, 7) is 2.75. The summed E-state index contributed by atoms with van der Waals surface area (Å²) in [7, 11) is 1.83. The zero-order valence-corrected chi connectivity index (χ0v) is 18.5. The van der Waals surface area contributed by atoms with Crippen molar-refractivity contribution in [2.45, 2.75) is 38.0 Å². The van der Waals surface area contributed by atoms with Crippen LogP contribution in [0.3, 0.4) is 0 Å². The highest BCUT2D eigenvalue weighted by Gasteiger charge is 2.30. The van der Waals surface area contributed by atoms with Crippen LogP contribution in [0.1, 0.15) is 41.8 Å². The van der Waals surface area contributed by atoms with E-state index in [0.29, 0.717) is 29.7 Å². The van der Waals surface area contributed by atoms with Gasteiger partial charge in [-0.1, -0.05) is 0 Å². The van der Waals surface area contributed by atoms with Gasteiger partial charge < -0.3 is 19.7 Å². The van der Waals surface area contributed by atoms with E-state index in [-0.39, 0.29) is 24.8 Å². The molecule has 1 fully saturated rings. The van der Waals surface area contributed by atoms with Crippen molar-refractivity contribution in [3.8, 4) is 5.75 Å². The van der Waals surface area contributed by atoms with Crippen LogP contribution in [0.2, 0.25) is 0 Å². The molecule has 0 aliphatic carbocycles. The highest BCUT2D eigenvalue weighted by atomic mass is 19.1. The summed E-state index contributed by atoms with van der Waals surface area (Å²) in [5.41, 5.74) is 2.61. The highest BCUT2D eigenvalue weighted by molar-refractivity contribution is 5.57. The van der Waals surface area contributed by atoms with Crippen LogP contribution >= 0.6 is 0 Å². The second-order valence-corrected chi connectivity index (χ2v) is 8.49. The molecule has 2 aliphatic rings. The topological polar surface area (TPSA) is 72.4 Å². The number of aryl methyl sites for hydroxylation is 1. The summed E-state index contributed by atoms with van der Waals surface area (Å²) < 4.78 is 39.3. The molecule has 3 aromatic rings. The molecule has 0 bridgehead atoms. The second kappa shape index (κ2) is 8.90. The van der Waals surface area contributed by atoms with Crippen molar-refractivity contribution in [2.24, 2.45) is 0 Å². The molecule has 172 valence electrons. The predicted octanol–water partition coefficient (Wildman–Crippen LogP) is 4.36. The maximum atomic E-state index is 13.7. The largest absolute Gasteiger partial charge is 0.486 e. The first-order chi connectivity index (χ1) is 16.0. The van der Waals surface area contributed by atoms with Gasteiger partial charge in [-0.3, -0.25) is 4.98 Å². The van der Waals surface area contributed by atoms with Crippen molar-refractivity contribution >= 4 is 11.8 Å². The zero-order valence-electron chi connectivity index (χ0n) is 18.5. The van der Waals surface area contributed by atoms with E-state index in [9.17, 15) is 8.78 Å². The number of likely N-dealkylation sites (N-methyl/N-ethyl adjacent to an activating group) is 1. The number of ether oxygens (including phenoxy) is 2. The Kier molecular flexibility index (Phi) is 5.80. The lowest BCUT2D eigenvalue weighted by Gasteiger charge is -2.35. The molecule has 0 radical (unpaired) electrons. The normalized spacial score (nSPS) is 22.4. The molecule has 3 atom stereocenters. The van der Waals surface area contributed by atoms with Crippen LogP contribution in [0.25, 0.3) is 0 Å². The van der Waals surface area contributed by atoms with Crippen LogP contribution in [-0.2, 0) is 4.74 Å². The molecular formula is C24H25F2N5O2. The molecule has 4 heterocycles. The average molecular weight is 453 g/mol. The Morgan fingerprint density at radius 2 is 1.85 bits per heavy atom. The SMILES string of the molecule is Cc1cc(C2CCC(Nc3ncc4c(n3)N(C)C(c3cc(F)cc(F)c3)CO4)CO2)ccn1. The average Bonchev–Trinajstić information content (AvgIpc) is 2.79. The second-order valence-electron chi connectivity index (χ2n) is 8.49. The van der Waals surface area contributed by atoms with E-state index in [2.05, 4.69) is 26.3 Å². The highest BCUT2D eigenvalue weighted by Crippen LogP contribution is 2.37. The van der Waals surface area contributed by atoms with Crippen molar-refractivity contribution in [1.82, 2.24) is 15.0 Å². The molecule has 2 aromatic heterocycles. The third-order valence-electron chi connectivity index (χ3n) is 6.11. The van der Waals surface area contributed by atoms with Crippen molar-refractivity contribution in [2.75, 3.05) is 30.5 Å². The monoisotopic (exact) mass is 453 g/mol.